The summed E-state index contributed by atoms with van der Waals surface area (Å²) in [5.74, 6) is -0.0225. The number of anilines is 1. The summed E-state index contributed by atoms with van der Waals surface area (Å²) in [6, 6.07) is 8.60. The Balaban J connectivity index is 2.11. The summed E-state index contributed by atoms with van der Waals surface area (Å²) in [5, 5.41) is 2.83. The van der Waals surface area contributed by atoms with Crippen LogP contribution in [0.5, 0.6) is 0 Å². The first-order valence-corrected chi connectivity index (χ1v) is 6.21. The maximum atomic E-state index is 12.5. The van der Waals surface area contributed by atoms with Crippen molar-refractivity contribution in [2.45, 2.75) is 26.1 Å². The van der Waals surface area contributed by atoms with E-state index in [-0.39, 0.29) is 5.95 Å². The molecule has 2 rings (SSSR count). The van der Waals surface area contributed by atoms with Crippen LogP contribution in [-0.2, 0) is 19.1 Å². The van der Waals surface area contributed by atoms with Gasteiger partial charge in [-0.2, -0.15) is 13.2 Å². The van der Waals surface area contributed by atoms with E-state index in [4.69, 9.17) is 0 Å². The van der Waals surface area contributed by atoms with Crippen molar-refractivity contribution in [1.29, 1.82) is 0 Å². The minimum atomic E-state index is -4.46. The molecule has 0 aliphatic heterocycles. The van der Waals surface area contributed by atoms with Gasteiger partial charge in [0.2, 0.25) is 5.95 Å². The predicted octanol–water partition coefficient (Wildman–Crippen LogP) is 3.67. The van der Waals surface area contributed by atoms with E-state index < -0.39 is 11.9 Å². The minimum absolute atomic E-state index is 0.0225. The largest absolute Gasteiger partial charge is 0.433 e. The number of hydrogen-bond acceptors (Lipinski definition) is 3. The van der Waals surface area contributed by atoms with Crippen molar-refractivity contribution < 1.29 is 13.2 Å². The monoisotopic (exact) mass is 281 g/mol. The van der Waals surface area contributed by atoms with Crippen molar-refractivity contribution in [3.8, 4) is 0 Å². The molecule has 0 bridgehead atoms. The average molecular weight is 281 g/mol. The van der Waals surface area contributed by atoms with E-state index in [1.165, 1.54) is 0 Å². The number of hydrogen-bond donors (Lipinski definition) is 1. The third-order valence-electron chi connectivity index (χ3n) is 2.88. The first-order valence-electron chi connectivity index (χ1n) is 6.21. The van der Waals surface area contributed by atoms with Crippen LogP contribution in [0, 0.1) is 0 Å². The average Bonchev–Trinajstić information content (AvgIpc) is 2.45. The third-order valence-corrected chi connectivity index (χ3v) is 2.88. The van der Waals surface area contributed by atoms with Crippen molar-refractivity contribution >= 4 is 5.95 Å². The Labute approximate surface area is 114 Å². The summed E-state index contributed by atoms with van der Waals surface area (Å²) < 4.78 is 37.6. The van der Waals surface area contributed by atoms with Crippen LogP contribution in [0.2, 0.25) is 0 Å². The topological polar surface area (TPSA) is 37.8 Å². The molecule has 0 aliphatic carbocycles. The molecule has 0 amide bonds. The van der Waals surface area contributed by atoms with Crippen LogP contribution in [0.1, 0.15) is 23.7 Å². The molecule has 106 valence electrons. The zero-order chi connectivity index (χ0) is 14.6. The van der Waals surface area contributed by atoms with E-state index in [9.17, 15) is 13.2 Å². The van der Waals surface area contributed by atoms with Crippen LogP contribution in [0.25, 0.3) is 0 Å². The second-order valence-corrected chi connectivity index (χ2v) is 4.24. The lowest BCUT2D eigenvalue weighted by molar-refractivity contribution is -0.141. The lowest BCUT2D eigenvalue weighted by Gasteiger charge is -2.10. The molecule has 0 unspecified atom stereocenters. The highest BCUT2D eigenvalue weighted by Gasteiger charge is 2.32. The number of aromatic nitrogens is 2. The first-order chi connectivity index (χ1) is 9.50. The van der Waals surface area contributed by atoms with Crippen LogP contribution < -0.4 is 5.32 Å². The van der Waals surface area contributed by atoms with Gasteiger partial charge in [0.1, 0.15) is 5.69 Å². The Morgan fingerprint density at radius 2 is 1.80 bits per heavy atom. The molecule has 0 saturated heterocycles. The molecule has 0 fully saturated rings. The molecule has 20 heavy (non-hydrogen) atoms. The molecule has 0 spiro atoms. The summed E-state index contributed by atoms with van der Waals surface area (Å²) in [4.78, 5) is 7.27. The van der Waals surface area contributed by atoms with Gasteiger partial charge in [-0.15, -0.1) is 0 Å². The second-order valence-electron chi connectivity index (χ2n) is 4.24. The number of aryl methyl sites for hydroxylation is 1. The highest BCUT2D eigenvalue weighted by molar-refractivity contribution is 5.33. The number of benzene rings is 1. The number of rotatable bonds is 4. The molecular weight excluding hydrogens is 267 g/mol. The van der Waals surface area contributed by atoms with Gasteiger partial charge in [0.15, 0.2) is 0 Å². The molecule has 1 aromatic heterocycles. The van der Waals surface area contributed by atoms with Crippen molar-refractivity contribution in [2.24, 2.45) is 0 Å². The SMILES string of the molecule is CCc1ccccc1CNc1nccc(C(F)(F)F)n1. The molecule has 3 nitrogen and oxygen atoms in total. The standard InChI is InChI=1S/C14H14F3N3/c1-2-10-5-3-4-6-11(10)9-19-13-18-8-7-12(20-13)14(15,16)17/h3-8H,2,9H2,1H3,(H,18,19,20). The van der Waals surface area contributed by atoms with E-state index in [2.05, 4.69) is 15.3 Å². The van der Waals surface area contributed by atoms with Gasteiger partial charge in [-0.05, 0) is 23.6 Å². The smallest absolute Gasteiger partial charge is 0.350 e. The zero-order valence-electron chi connectivity index (χ0n) is 10.9. The summed E-state index contributed by atoms with van der Waals surface area (Å²) in [6.45, 7) is 2.42. The number of nitrogens with one attached hydrogen (secondary N) is 1. The molecule has 0 radical (unpaired) electrons. The highest BCUT2D eigenvalue weighted by atomic mass is 19.4. The van der Waals surface area contributed by atoms with Gasteiger partial charge >= 0.3 is 6.18 Å². The highest BCUT2D eigenvalue weighted by Crippen LogP contribution is 2.27. The predicted molar refractivity (Wildman–Crippen MR) is 70.2 cm³/mol. The first kappa shape index (κ1) is 14.3. The van der Waals surface area contributed by atoms with Crippen LogP contribution in [-0.4, -0.2) is 9.97 Å². The van der Waals surface area contributed by atoms with Crippen LogP contribution in [0.3, 0.4) is 0 Å². The molecule has 0 aliphatic rings. The van der Waals surface area contributed by atoms with E-state index in [1.807, 2.05) is 31.2 Å². The molecular formula is C14H14F3N3. The maximum absolute atomic E-state index is 12.5. The molecule has 1 aromatic carbocycles. The fourth-order valence-corrected chi connectivity index (χ4v) is 1.85. The minimum Gasteiger partial charge on any atom is -0.350 e. The molecule has 0 saturated carbocycles. The number of halogens is 3. The van der Waals surface area contributed by atoms with Crippen molar-refractivity contribution in [1.82, 2.24) is 9.97 Å². The summed E-state index contributed by atoms with van der Waals surface area (Å²) in [5.41, 5.74) is 1.22. The Morgan fingerprint density at radius 1 is 1.10 bits per heavy atom. The molecule has 0 atom stereocenters. The second kappa shape index (κ2) is 5.90. The Bertz CT molecular complexity index is 582. The normalized spacial score (nSPS) is 11.4. The Morgan fingerprint density at radius 3 is 2.45 bits per heavy atom. The van der Waals surface area contributed by atoms with Crippen LogP contribution in [0.4, 0.5) is 19.1 Å². The van der Waals surface area contributed by atoms with Crippen molar-refractivity contribution in [3.05, 3.63) is 53.3 Å². The third kappa shape index (κ3) is 3.46. The van der Waals surface area contributed by atoms with Crippen molar-refractivity contribution in [3.63, 3.8) is 0 Å². The summed E-state index contributed by atoms with van der Waals surface area (Å²) in [6.07, 6.45) is -2.49. The van der Waals surface area contributed by atoms with Crippen molar-refractivity contribution in [2.75, 3.05) is 5.32 Å². The van der Waals surface area contributed by atoms with E-state index in [0.717, 1.165) is 29.8 Å². The quantitative estimate of drug-likeness (QED) is 0.929. The van der Waals surface area contributed by atoms with E-state index in [0.29, 0.717) is 6.54 Å². The summed E-state index contributed by atoms with van der Waals surface area (Å²) in [7, 11) is 0. The summed E-state index contributed by atoms with van der Waals surface area (Å²) >= 11 is 0. The molecule has 2 aromatic rings. The molecule has 1 N–H and O–H groups in total. The van der Waals surface area contributed by atoms with Gasteiger partial charge in [0.05, 0.1) is 0 Å². The fraction of sp³-hybridized carbons (Fsp3) is 0.286. The zero-order valence-corrected chi connectivity index (χ0v) is 10.9. The van der Waals surface area contributed by atoms with Gasteiger partial charge in [-0.1, -0.05) is 31.2 Å². The van der Waals surface area contributed by atoms with Crippen LogP contribution in [0.15, 0.2) is 36.5 Å². The van der Waals surface area contributed by atoms with Gasteiger partial charge in [0.25, 0.3) is 0 Å². The van der Waals surface area contributed by atoms with Gasteiger partial charge in [-0.3, -0.25) is 0 Å². The van der Waals surface area contributed by atoms with Gasteiger partial charge in [0, 0.05) is 12.7 Å². The molecule has 6 heteroatoms. The maximum Gasteiger partial charge on any atom is 0.433 e. The number of nitrogens with zero attached hydrogens (tertiary/aromatic N) is 2. The molecule has 1 heterocycles. The lowest BCUT2D eigenvalue weighted by atomic mass is 10.1. The van der Waals surface area contributed by atoms with E-state index >= 15 is 0 Å². The van der Waals surface area contributed by atoms with Crippen LogP contribution >= 0.6 is 0 Å². The number of alkyl halides is 3. The van der Waals surface area contributed by atoms with E-state index in [1.54, 1.807) is 0 Å². The van der Waals surface area contributed by atoms with Gasteiger partial charge in [-0.25, -0.2) is 9.97 Å². The lowest BCUT2D eigenvalue weighted by Crippen LogP contribution is -2.12. The Hall–Kier alpha value is -2.11. The fourth-order valence-electron chi connectivity index (χ4n) is 1.85. The Kier molecular flexibility index (Phi) is 4.22. The van der Waals surface area contributed by atoms with Gasteiger partial charge < -0.3 is 5.32 Å².